The molecule has 4 rings (SSSR count). The summed E-state index contributed by atoms with van der Waals surface area (Å²) in [5.41, 5.74) is 0.771. The lowest BCUT2D eigenvalue weighted by Gasteiger charge is -2.47. The fraction of sp³-hybridized carbons (Fsp3) is 0.471. The van der Waals surface area contributed by atoms with Gasteiger partial charge in [-0.25, -0.2) is 0 Å². The number of hydrogen-bond acceptors (Lipinski definition) is 4. The van der Waals surface area contributed by atoms with Crippen molar-refractivity contribution in [2.75, 3.05) is 25.4 Å². The third-order valence-electron chi connectivity index (χ3n) is 4.46. The van der Waals surface area contributed by atoms with E-state index in [-0.39, 0.29) is 10.7 Å². The maximum Gasteiger partial charge on any atom is 0.289 e. The van der Waals surface area contributed by atoms with Crippen LogP contribution in [-0.2, 0) is 4.74 Å². The third kappa shape index (κ3) is 2.32. The average molecular weight is 317 g/mol. The molecule has 5 heteroatoms. The Morgan fingerprint density at radius 3 is 3.05 bits per heavy atom. The van der Waals surface area contributed by atoms with Crippen LogP contribution in [-0.4, -0.2) is 47.1 Å². The van der Waals surface area contributed by atoms with Crippen LogP contribution in [0.3, 0.4) is 0 Å². The normalized spacial score (nSPS) is 23.1. The summed E-state index contributed by atoms with van der Waals surface area (Å²) < 4.78 is 11.6. The van der Waals surface area contributed by atoms with Gasteiger partial charge in [-0.1, -0.05) is 18.2 Å². The Kier molecular flexibility index (Phi) is 3.42. The second-order valence-corrected chi connectivity index (χ2v) is 7.57. The summed E-state index contributed by atoms with van der Waals surface area (Å²) in [7, 11) is 0. The zero-order chi connectivity index (χ0) is 15.2. The van der Waals surface area contributed by atoms with Crippen LogP contribution < -0.4 is 0 Å². The number of likely N-dealkylation sites (tertiary alicyclic amines) is 1. The molecule has 0 unspecified atom stereocenters. The predicted octanol–water partition coefficient (Wildman–Crippen LogP) is 3.17. The van der Waals surface area contributed by atoms with Gasteiger partial charge in [-0.15, -0.1) is 11.8 Å². The van der Waals surface area contributed by atoms with Gasteiger partial charge >= 0.3 is 0 Å². The molecule has 0 bridgehead atoms. The smallest absolute Gasteiger partial charge is 0.289 e. The highest BCUT2D eigenvalue weighted by Gasteiger charge is 2.51. The van der Waals surface area contributed by atoms with Gasteiger partial charge in [0.15, 0.2) is 5.76 Å². The number of amides is 1. The molecule has 2 saturated heterocycles. The van der Waals surface area contributed by atoms with E-state index >= 15 is 0 Å². The Hall–Kier alpha value is -1.46. The first-order valence-electron chi connectivity index (χ1n) is 7.72. The second-order valence-electron chi connectivity index (χ2n) is 6.09. The number of nitrogens with zero attached hydrogens (tertiary/aromatic N) is 1. The van der Waals surface area contributed by atoms with E-state index in [0.717, 1.165) is 42.8 Å². The molecule has 116 valence electrons. The quantitative estimate of drug-likeness (QED) is 0.872. The van der Waals surface area contributed by atoms with Crippen molar-refractivity contribution in [1.29, 1.82) is 0 Å². The molecule has 4 nitrogen and oxygen atoms in total. The Morgan fingerprint density at radius 2 is 2.27 bits per heavy atom. The van der Waals surface area contributed by atoms with E-state index in [1.54, 1.807) is 0 Å². The van der Waals surface area contributed by atoms with Gasteiger partial charge in [0.2, 0.25) is 0 Å². The van der Waals surface area contributed by atoms with E-state index in [1.165, 1.54) is 0 Å². The third-order valence-corrected chi connectivity index (χ3v) is 6.03. The lowest BCUT2D eigenvalue weighted by molar-refractivity contribution is 0.0342. The first-order chi connectivity index (χ1) is 10.7. The number of ether oxygens (including phenoxy) is 1. The summed E-state index contributed by atoms with van der Waals surface area (Å²) >= 11 is 1.95. The minimum Gasteiger partial charge on any atom is -0.451 e. The molecule has 2 aliphatic rings. The van der Waals surface area contributed by atoms with Crippen LogP contribution in [0, 0.1) is 0 Å². The molecule has 22 heavy (non-hydrogen) atoms. The lowest BCUT2D eigenvalue weighted by atomic mass is 9.92. The van der Waals surface area contributed by atoms with Gasteiger partial charge in [0.05, 0.1) is 10.9 Å². The average Bonchev–Trinajstić information content (AvgIpc) is 3.09. The zero-order valence-corrected chi connectivity index (χ0v) is 13.4. The zero-order valence-electron chi connectivity index (χ0n) is 12.6. The van der Waals surface area contributed by atoms with E-state index in [4.69, 9.17) is 9.15 Å². The molecule has 0 saturated carbocycles. The van der Waals surface area contributed by atoms with Gasteiger partial charge in [-0.2, -0.15) is 0 Å². The van der Waals surface area contributed by atoms with Crippen LogP contribution >= 0.6 is 11.8 Å². The number of furan rings is 1. The Bertz CT molecular complexity index is 672. The van der Waals surface area contributed by atoms with E-state index in [1.807, 2.05) is 53.9 Å². The SMILES string of the molecule is CCO[C@H]1CSC2(C1)CN(C(=O)c1cc3ccccc3o1)C2. The number of carbonyl (C=O) groups excluding carboxylic acids is 1. The molecule has 1 aromatic heterocycles. The van der Waals surface area contributed by atoms with Crippen molar-refractivity contribution >= 4 is 28.6 Å². The molecule has 2 fully saturated rings. The van der Waals surface area contributed by atoms with E-state index in [0.29, 0.717) is 11.9 Å². The van der Waals surface area contributed by atoms with Crippen molar-refractivity contribution in [2.45, 2.75) is 24.2 Å². The highest BCUT2D eigenvalue weighted by Crippen LogP contribution is 2.46. The van der Waals surface area contributed by atoms with Crippen LogP contribution in [0.1, 0.15) is 23.9 Å². The maximum absolute atomic E-state index is 12.5. The summed E-state index contributed by atoms with van der Waals surface area (Å²) in [5, 5.41) is 0.979. The molecule has 1 amide bonds. The summed E-state index contributed by atoms with van der Waals surface area (Å²) in [4.78, 5) is 14.4. The number of hydrogen-bond donors (Lipinski definition) is 0. The Labute approximate surface area is 133 Å². The largest absolute Gasteiger partial charge is 0.451 e. The van der Waals surface area contributed by atoms with Crippen LogP contribution in [0.5, 0.6) is 0 Å². The number of benzene rings is 1. The van der Waals surface area contributed by atoms with Crippen molar-refractivity contribution in [1.82, 2.24) is 4.90 Å². The standard InChI is InChI=1S/C17H19NO3S/c1-2-20-13-8-17(22-9-13)10-18(11-17)16(19)15-7-12-5-3-4-6-14(12)21-15/h3-7,13H,2,8-11H2,1H3/t13-/m1/s1. The van der Waals surface area contributed by atoms with E-state index in [9.17, 15) is 4.79 Å². The van der Waals surface area contributed by atoms with Crippen LogP contribution in [0.15, 0.2) is 34.7 Å². The second kappa shape index (κ2) is 5.32. The van der Waals surface area contributed by atoms with Gasteiger partial charge in [0.25, 0.3) is 5.91 Å². The Balaban J connectivity index is 1.43. The molecule has 2 aliphatic heterocycles. The topological polar surface area (TPSA) is 42.7 Å². The number of fused-ring (bicyclic) bond motifs is 1. The van der Waals surface area contributed by atoms with Gasteiger partial charge in [-0.3, -0.25) is 4.79 Å². The van der Waals surface area contributed by atoms with Crippen molar-refractivity contribution < 1.29 is 13.9 Å². The van der Waals surface area contributed by atoms with Crippen molar-refractivity contribution in [3.05, 3.63) is 36.1 Å². The summed E-state index contributed by atoms with van der Waals surface area (Å²) in [6.45, 7) is 4.41. The fourth-order valence-corrected chi connectivity index (χ4v) is 4.95. The van der Waals surface area contributed by atoms with E-state index < -0.39 is 0 Å². The van der Waals surface area contributed by atoms with Crippen molar-refractivity contribution in [3.63, 3.8) is 0 Å². The van der Waals surface area contributed by atoms with Gasteiger partial charge < -0.3 is 14.1 Å². The number of rotatable bonds is 3. The van der Waals surface area contributed by atoms with Crippen molar-refractivity contribution in [3.8, 4) is 0 Å². The highest BCUT2D eigenvalue weighted by atomic mass is 32.2. The first kappa shape index (κ1) is 14.2. The van der Waals surface area contributed by atoms with Gasteiger partial charge in [0.1, 0.15) is 5.58 Å². The van der Waals surface area contributed by atoms with Crippen LogP contribution in [0.2, 0.25) is 0 Å². The van der Waals surface area contributed by atoms with Crippen LogP contribution in [0.4, 0.5) is 0 Å². The Morgan fingerprint density at radius 1 is 1.45 bits per heavy atom. The molecule has 0 N–H and O–H groups in total. The predicted molar refractivity (Wildman–Crippen MR) is 87.3 cm³/mol. The fourth-order valence-electron chi connectivity index (χ4n) is 3.40. The molecule has 1 spiro atoms. The minimum atomic E-state index is 0.00212. The highest BCUT2D eigenvalue weighted by molar-refractivity contribution is 8.01. The minimum absolute atomic E-state index is 0.00212. The van der Waals surface area contributed by atoms with E-state index in [2.05, 4.69) is 0 Å². The molecule has 1 atom stereocenters. The van der Waals surface area contributed by atoms with Crippen LogP contribution in [0.25, 0.3) is 11.0 Å². The molecule has 0 aliphatic carbocycles. The number of para-hydroxylation sites is 1. The lowest BCUT2D eigenvalue weighted by Crippen LogP contribution is -2.60. The molecule has 1 aromatic carbocycles. The number of carbonyl (C=O) groups is 1. The van der Waals surface area contributed by atoms with Gasteiger partial charge in [0, 0.05) is 30.8 Å². The molecule has 2 aromatic rings. The molecule has 0 radical (unpaired) electrons. The number of thioether (sulfide) groups is 1. The monoisotopic (exact) mass is 317 g/mol. The maximum atomic E-state index is 12.5. The van der Waals surface area contributed by atoms with Gasteiger partial charge in [-0.05, 0) is 25.5 Å². The summed E-state index contributed by atoms with van der Waals surface area (Å²) in [6.07, 6.45) is 1.40. The molecular weight excluding hydrogens is 298 g/mol. The summed E-state index contributed by atoms with van der Waals surface area (Å²) in [5.74, 6) is 1.49. The molecule has 3 heterocycles. The summed E-state index contributed by atoms with van der Waals surface area (Å²) in [6, 6.07) is 9.57. The van der Waals surface area contributed by atoms with Crippen molar-refractivity contribution in [2.24, 2.45) is 0 Å². The molecular formula is C17H19NO3S. The first-order valence-corrected chi connectivity index (χ1v) is 8.71.